The molecule has 1 unspecified atom stereocenters. The number of pyridine rings is 1. The molecular weight excluding hydrogens is 624 g/mol. The number of anilines is 1. The average molecular weight is 645 g/mol. The van der Waals surface area contributed by atoms with Gasteiger partial charge in [-0.05, 0) is 52.5 Å². The van der Waals surface area contributed by atoms with Gasteiger partial charge in [-0.3, -0.25) is 23.9 Å². The third kappa shape index (κ3) is 6.43. The van der Waals surface area contributed by atoms with E-state index in [1.807, 2.05) is 0 Å². The van der Waals surface area contributed by atoms with Gasteiger partial charge in [0.25, 0.3) is 0 Å². The van der Waals surface area contributed by atoms with E-state index in [0.717, 1.165) is 9.58 Å². The first-order valence-corrected chi connectivity index (χ1v) is 14.0. The number of likely N-dealkylation sites (tertiary alicyclic amines) is 1. The Balaban J connectivity index is 1.63. The van der Waals surface area contributed by atoms with Crippen LogP contribution in [-0.2, 0) is 31.6 Å². The summed E-state index contributed by atoms with van der Waals surface area (Å²) in [6, 6.07) is 7.94. The summed E-state index contributed by atoms with van der Waals surface area (Å²) in [5, 5.41) is 7.09. The zero-order valence-corrected chi connectivity index (χ0v) is 23.3. The molecule has 3 amide bonds. The third-order valence-corrected chi connectivity index (χ3v) is 7.80. The van der Waals surface area contributed by atoms with Crippen molar-refractivity contribution in [2.24, 2.45) is 4.36 Å². The summed E-state index contributed by atoms with van der Waals surface area (Å²) in [6.45, 7) is 0.423. The van der Waals surface area contributed by atoms with Gasteiger partial charge in [0, 0.05) is 23.6 Å². The van der Waals surface area contributed by atoms with Crippen LogP contribution in [0.15, 0.2) is 50.3 Å². The van der Waals surface area contributed by atoms with Gasteiger partial charge in [-0.2, -0.15) is 22.6 Å². The summed E-state index contributed by atoms with van der Waals surface area (Å²) in [6.07, 6.45) is -5.50. The molecule has 1 aliphatic heterocycles. The molecule has 0 aliphatic carbocycles. The Hall–Kier alpha value is -3.53. The molecule has 1 aromatic carbocycles. The highest BCUT2D eigenvalue weighted by Crippen LogP contribution is 2.26. The fourth-order valence-corrected chi connectivity index (χ4v) is 5.51. The number of carbonyl (C=O) groups excluding carboxylic acids is 4. The number of amides is 3. The topological polar surface area (TPSA) is 127 Å². The van der Waals surface area contributed by atoms with E-state index in [4.69, 9.17) is 0 Å². The molecular formula is C24H21BrF4N6O4S. The van der Waals surface area contributed by atoms with Crippen LogP contribution in [0.25, 0.3) is 10.9 Å². The number of nitrogens with zero attached hydrogens (tertiary/aromatic N) is 5. The zero-order valence-electron chi connectivity index (χ0n) is 20.9. The lowest BCUT2D eigenvalue weighted by Crippen LogP contribution is -2.44. The van der Waals surface area contributed by atoms with Gasteiger partial charge < -0.3 is 10.2 Å². The smallest absolute Gasteiger partial charge is 0.326 e. The van der Waals surface area contributed by atoms with Crippen LogP contribution in [0.1, 0.15) is 23.8 Å². The fourth-order valence-electron chi connectivity index (χ4n) is 4.16. The van der Waals surface area contributed by atoms with Gasteiger partial charge in [0.15, 0.2) is 5.78 Å². The molecule has 0 bridgehead atoms. The number of Topliss-reactive ketones (excluding diaryl/α,β-unsaturated/α-hetero) is 1. The second-order valence-electron chi connectivity index (χ2n) is 8.84. The van der Waals surface area contributed by atoms with Crippen molar-refractivity contribution < 1.29 is 36.7 Å². The largest absolute Gasteiger partial charge is 0.474 e. The highest BCUT2D eigenvalue weighted by Gasteiger charge is 2.40. The molecule has 1 N–H and O–H groups in total. The minimum Gasteiger partial charge on any atom is -0.326 e. The number of hydrogen-bond acceptors (Lipinski definition) is 6. The highest BCUT2D eigenvalue weighted by molar-refractivity contribution is 9.10. The zero-order chi connectivity index (χ0) is 29.4. The predicted octanol–water partition coefficient (Wildman–Crippen LogP) is 3.85. The standard InChI is InChI=1S/C24H21BrF4N6O4S/c1-12(36)21-15-7-6-14(40(2)33-23(39)24(27,28)29)9-16(15)35(32-21)11-20(37)34-10-13(26)8-17(34)22(38)31-19-5-3-4-18(25)30-19/h3-7,9,13,17H,8,10-11H2,1-2H3,(H,30,31,38)/t13-,17+,40?/m1/s1. The van der Waals surface area contributed by atoms with E-state index >= 15 is 0 Å². The number of aromatic nitrogens is 3. The number of alkyl halides is 4. The van der Waals surface area contributed by atoms with Gasteiger partial charge in [-0.25, -0.2) is 9.37 Å². The van der Waals surface area contributed by atoms with Crippen molar-refractivity contribution in [3.05, 3.63) is 46.7 Å². The number of benzene rings is 1. The first-order chi connectivity index (χ1) is 18.7. The van der Waals surface area contributed by atoms with Crippen molar-refractivity contribution in [3.63, 3.8) is 0 Å². The molecule has 3 aromatic rings. The van der Waals surface area contributed by atoms with E-state index in [9.17, 15) is 36.7 Å². The number of fused-ring (bicyclic) bond motifs is 1. The van der Waals surface area contributed by atoms with Crippen LogP contribution in [0.2, 0.25) is 0 Å². The van der Waals surface area contributed by atoms with Crippen LogP contribution < -0.4 is 5.32 Å². The molecule has 212 valence electrons. The predicted molar refractivity (Wildman–Crippen MR) is 140 cm³/mol. The second-order valence-corrected chi connectivity index (χ2v) is 11.3. The molecule has 1 aliphatic rings. The van der Waals surface area contributed by atoms with E-state index in [1.165, 1.54) is 37.4 Å². The number of rotatable bonds is 6. The van der Waals surface area contributed by atoms with Crippen LogP contribution >= 0.6 is 15.9 Å². The maximum atomic E-state index is 14.4. The van der Waals surface area contributed by atoms with Crippen LogP contribution in [0, 0.1) is 0 Å². The number of nitrogens with one attached hydrogen (secondary N) is 1. The molecule has 0 spiro atoms. The Morgan fingerprint density at radius 1 is 1.20 bits per heavy atom. The van der Waals surface area contributed by atoms with Gasteiger partial charge in [0.05, 0.1) is 12.1 Å². The highest BCUT2D eigenvalue weighted by atomic mass is 79.9. The average Bonchev–Trinajstić information content (AvgIpc) is 3.44. The first kappa shape index (κ1) is 29.5. The van der Waals surface area contributed by atoms with Crippen molar-refractivity contribution in [2.45, 2.75) is 43.2 Å². The Morgan fingerprint density at radius 2 is 1.93 bits per heavy atom. The summed E-state index contributed by atoms with van der Waals surface area (Å²) < 4.78 is 57.3. The van der Waals surface area contributed by atoms with Gasteiger partial charge >= 0.3 is 12.1 Å². The lowest BCUT2D eigenvalue weighted by atomic mass is 10.1. The molecule has 3 atom stereocenters. The van der Waals surface area contributed by atoms with E-state index < -0.39 is 59.1 Å². The van der Waals surface area contributed by atoms with Crippen molar-refractivity contribution >= 4 is 66.8 Å². The summed E-state index contributed by atoms with van der Waals surface area (Å²) in [7, 11) is -1.51. The monoisotopic (exact) mass is 644 g/mol. The van der Waals surface area contributed by atoms with Gasteiger partial charge in [0.2, 0.25) is 11.8 Å². The van der Waals surface area contributed by atoms with Crippen LogP contribution in [-0.4, -0.2) is 74.4 Å². The summed E-state index contributed by atoms with van der Waals surface area (Å²) in [4.78, 5) is 55.2. The van der Waals surface area contributed by atoms with Crippen molar-refractivity contribution in [2.75, 3.05) is 18.1 Å². The molecule has 1 saturated heterocycles. The molecule has 2 aromatic heterocycles. The van der Waals surface area contributed by atoms with Crippen LogP contribution in [0.4, 0.5) is 23.4 Å². The minimum absolute atomic E-state index is 0.00783. The normalized spacial score (nSPS) is 18.2. The second kappa shape index (κ2) is 11.5. The van der Waals surface area contributed by atoms with Crippen molar-refractivity contribution in [3.8, 4) is 0 Å². The quantitative estimate of drug-likeness (QED) is 0.247. The Kier molecular flexibility index (Phi) is 8.49. The number of ketones is 1. The molecule has 4 rings (SSSR count). The van der Waals surface area contributed by atoms with E-state index in [0.29, 0.717) is 9.99 Å². The molecule has 16 heteroatoms. The minimum atomic E-state index is -5.12. The van der Waals surface area contributed by atoms with Crippen LogP contribution in [0.3, 0.4) is 0 Å². The summed E-state index contributed by atoms with van der Waals surface area (Å²) in [5.74, 6) is -3.76. The Bertz CT molecular complexity index is 1560. The number of halogens is 5. The Labute approximate surface area is 235 Å². The maximum Gasteiger partial charge on any atom is 0.474 e. The van der Waals surface area contributed by atoms with Gasteiger partial charge in [-0.1, -0.05) is 16.8 Å². The third-order valence-electron chi connectivity index (χ3n) is 5.98. The fraction of sp³-hybridized carbons (Fsp3) is 0.333. The molecule has 0 saturated carbocycles. The van der Waals surface area contributed by atoms with Crippen molar-refractivity contribution in [1.29, 1.82) is 0 Å². The number of hydrogen-bond donors (Lipinski definition) is 1. The summed E-state index contributed by atoms with van der Waals surface area (Å²) in [5.41, 5.74) is 0.230. The molecule has 1 fully saturated rings. The van der Waals surface area contributed by atoms with Gasteiger partial charge in [-0.15, -0.1) is 0 Å². The first-order valence-electron chi connectivity index (χ1n) is 11.6. The lowest BCUT2D eigenvalue weighted by Gasteiger charge is -2.23. The van der Waals surface area contributed by atoms with Gasteiger partial charge in [0.1, 0.15) is 34.9 Å². The van der Waals surface area contributed by atoms with Crippen molar-refractivity contribution in [1.82, 2.24) is 19.7 Å². The summed E-state index contributed by atoms with van der Waals surface area (Å²) >= 11 is 3.19. The molecule has 10 nitrogen and oxygen atoms in total. The van der Waals surface area contributed by atoms with E-state index in [-0.39, 0.29) is 34.9 Å². The van der Waals surface area contributed by atoms with E-state index in [1.54, 1.807) is 12.1 Å². The lowest BCUT2D eigenvalue weighted by molar-refractivity contribution is -0.169. The van der Waals surface area contributed by atoms with Crippen LogP contribution in [0.5, 0.6) is 0 Å². The maximum absolute atomic E-state index is 14.4. The SMILES string of the molecule is CC(=O)c1nn(CC(=O)N2C[C@H](F)C[C@H]2C(=O)Nc2cccc(Br)n2)c2cc(/S(C)=N/C(=O)C(F)(F)F)ccc12. The molecule has 0 radical (unpaired) electrons. The number of carbonyl (C=O) groups is 4. The Morgan fingerprint density at radius 3 is 2.58 bits per heavy atom. The molecule has 40 heavy (non-hydrogen) atoms. The molecule has 3 heterocycles. The van der Waals surface area contributed by atoms with E-state index in [2.05, 4.69) is 35.7 Å².